The van der Waals surface area contributed by atoms with Crippen LogP contribution in [0.1, 0.15) is 61.6 Å². The van der Waals surface area contributed by atoms with Gasteiger partial charge in [0.05, 0.1) is 34.6 Å². The zero-order valence-electron chi connectivity index (χ0n) is 23.5. The molecule has 3 aromatic rings. The number of anilines is 1. The molecule has 1 saturated carbocycles. The van der Waals surface area contributed by atoms with E-state index in [4.69, 9.17) is 18.9 Å². The summed E-state index contributed by atoms with van der Waals surface area (Å²) in [6, 6.07) is 13.0. The van der Waals surface area contributed by atoms with E-state index >= 15 is 0 Å². The van der Waals surface area contributed by atoms with Gasteiger partial charge in [0.15, 0.2) is 21.1 Å². The Balaban J connectivity index is 1.27. The summed E-state index contributed by atoms with van der Waals surface area (Å²) in [4.78, 5) is 30.3. The zero-order valence-corrected chi connectivity index (χ0v) is 25.1. The molecular formula is C30H34N2O8S2. The number of ether oxygens (including phenoxy) is 4. The van der Waals surface area contributed by atoms with Crippen LogP contribution < -0.4 is 10.1 Å². The van der Waals surface area contributed by atoms with Gasteiger partial charge in [-0.15, -0.1) is 0 Å². The van der Waals surface area contributed by atoms with Crippen LogP contribution in [0.2, 0.25) is 0 Å². The molecule has 5 rings (SSSR count). The predicted octanol–water partition coefficient (Wildman–Crippen LogP) is 5.56. The Morgan fingerprint density at radius 1 is 1.07 bits per heavy atom. The second-order valence-electron chi connectivity index (χ2n) is 10.7. The Labute approximate surface area is 249 Å². The largest absolute Gasteiger partial charge is 0.462 e. The highest BCUT2D eigenvalue weighted by atomic mass is 32.2. The van der Waals surface area contributed by atoms with Crippen molar-refractivity contribution in [1.82, 2.24) is 4.98 Å². The number of thiazole rings is 1. The first kappa shape index (κ1) is 30.1. The second kappa shape index (κ2) is 13.3. The quantitative estimate of drug-likeness (QED) is 0.261. The normalized spacial score (nSPS) is 16.6. The molecule has 1 saturated heterocycles. The van der Waals surface area contributed by atoms with Crippen molar-refractivity contribution in [1.29, 1.82) is 0 Å². The number of nitrogens with one attached hydrogen (secondary N) is 1. The molecule has 0 radical (unpaired) electrons. The molecular weight excluding hydrogens is 580 g/mol. The van der Waals surface area contributed by atoms with Crippen LogP contribution >= 0.6 is 11.3 Å². The SMILES string of the molecule is CC(C)COC(=O)c1cccc(Oc2cnc(NC(=O)C(OC3CCOCC3)c3ccc(S(=O)(=O)C4CC4)cc3)s2)c1. The summed E-state index contributed by atoms with van der Waals surface area (Å²) in [5.41, 5.74) is 0.915. The third-order valence-electron chi connectivity index (χ3n) is 6.76. The number of hydrogen-bond donors (Lipinski definition) is 1. The van der Waals surface area contributed by atoms with Crippen molar-refractivity contribution in [3.8, 4) is 10.8 Å². The molecule has 2 aliphatic rings. The van der Waals surface area contributed by atoms with E-state index < -0.39 is 27.8 Å². The molecule has 0 spiro atoms. The van der Waals surface area contributed by atoms with Gasteiger partial charge in [0.25, 0.3) is 5.91 Å². The van der Waals surface area contributed by atoms with Gasteiger partial charge in [-0.25, -0.2) is 18.2 Å². The molecule has 1 aliphatic carbocycles. The van der Waals surface area contributed by atoms with E-state index in [0.717, 1.165) is 11.3 Å². The molecule has 2 heterocycles. The minimum atomic E-state index is -3.35. The van der Waals surface area contributed by atoms with Gasteiger partial charge in [-0.2, -0.15) is 0 Å². The second-order valence-corrected chi connectivity index (χ2v) is 14.0. The summed E-state index contributed by atoms with van der Waals surface area (Å²) in [5.74, 6) is -0.212. The molecule has 1 unspecified atom stereocenters. The summed E-state index contributed by atoms with van der Waals surface area (Å²) >= 11 is 1.12. The van der Waals surface area contributed by atoms with Crippen LogP contribution in [-0.4, -0.2) is 56.5 Å². The first-order chi connectivity index (χ1) is 20.2. The minimum absolute atomic E-state index is 0.181. The van der Waals surface area contributed by atoms with Gasteiger partial charge >= 0.3 is 5.97 Å². The van der Waals surface area contributed by atoms with E-state index in [-0.39, 0.29) is 22.2 Å². The van der Waals surface area contributed by atoms with Crippen LogP contribution in [0.15, 0.2) is 59.6 Å². The summed E-state index contributed by atoms with van der Waals surface area (Å²) in [7, 11) is -3.35. The van der Waals surface area contributed by atoms with Crippen LogP contribution in [0.4, 0.5) is 5.13 Å². The highest BCUT2D eigenvalue weighted by molar-refractivity contribution is 7.92. The predicted molar refractivity (Wildman–Crippen MR) is 157 cm³/mol. The summed E-state index contributed by atoms with van der Waals surface area (Å²) < 4.78 is 48.1. The van der Waals surface area contributed by atoms with Crippen LogP contribution in [-0.2, 0) is 28.8 Å². The smallest absolute Gasteiger partial charge is 0.338 e. The van der Waals surface area contributed by atoms with Crippen LogP contribution in [0.3, 0.4) is 0 Å². The van der Waals surface area contributed by atoms with Gasteiger partial charge in [-0.1, -0.05) is 43.4 Å². The van der Waals surface area contributed by atoms with Gasteiger partial charge in [0, 0.05) is 13.2 Å². The van der Waals surface area contributed by atoms with E-state index in [1.54, 1.807) is 48.5 Å². The van der Waals surface area contributed by atoms with Crippen LogP contribution in [0.5, 0.6) is 10.8 Å². The number of amides is 1. The lowest BCUT2D eigenvalue weighted by Crippen LogP contribution is -2.31. The maximum absolute atomic E-state index is 13.5. The van der Waals surface area contributed by atoms with Crippen molar-refractivity contribution in [3.63, 3.8) is 0 Å². The number of nitrogens with zero attached hydrogens (tertiary/aromatic N) is 1. The third-order valence-corrected chi connectivity index (χ3v) is 9.83. The highest BCUT2D eigenvalue weighted by Crippen LogP contribution is 2.35. The fourth-order valence-corrected chi connectivity index (χ4v) is 6.71. The third kappa shape index (κ3) is 7.74. The Hall–Kier alpha value is -3.32. The van der Waals surface area contributed by atoms with Gasteiger partial charge < -0.3 is 18.9 Å². The van der Waals surface area contributed by atoms with Crippen molar-refractivity contribution in [2.24, 2.45) is 5.92 Å². The standard InChI is InChI=1S/C30H34N2O8S2/c1-19(2)18-38-29(34)21-4-3-5-23(16-21)39-26-17-31-30(41-26)32-28(33)27(40-22-12-14-37-15-13-22)20-6-8-24(9-7-20)42(35,36)25-10-11-25/h3-9,16-17,19,22,25,27H,10-15,18H2,1-2H3,(H,31,32,33). The molecule has 2 aromatic carbocycles. The fraction of sp³-hybridized carbons (Fsp3) is 0.433. The van der Waals surface area contributed by atoms with Gasteiger partial charge in [0.1, 0.15) is 5.75 Å². The van der Waals surface area contributed by atoms with Gasteiger partial charge in [-0.3, -0.25) is 10.1 Å². The first-order valence-corrected chi connectivity index (χ1v) is 16.3. The number of hydrogen-bond acceptors (Lipinski definition) is 10. The fourth-order valence-electron chi connectivity index (χ4n) is 4.36. The molecule has 224 valence electrons. The van der Waals surface area contributed by atoms with E-state index in [2.05, 4.69) is 10.3 Å². The van der Waals surface area contributed by atoms with E-state index in [9.17, 15) is 18.0 Å². The Morgan fingerprint density at radius 3 is 2.50 bits per heavy atom. The average molecular weight is 615 g/mol. The lowest BCUT2D eigenvalue weighted by Gasteiger charge is -2.27. The van der Waals surface area contributed by atoms with Crippen molar-refractivity contribution in [2.75, 3.05) is 25.1 Å². The molecule has 2 fully saturated rings. The number of esters is 1. The molecule has 12 heteroatoms. The number of carbonyl (C=O) groups excluding carboxylic acids is 2. The maximum Gasteiger partial charge on any atom is 0.338 e. The zero-order chi connectivity index (χ0) is 29.7. The number of carbonyl (C=O) groups is 2. The Kier molecular flexibility index (Phi) is 9.57. The summed E-state index contributed by atoms with van der Waals surface area (Å²) in [6.07, 6.45) is 2.98. The summed E-state index contributed by atoms with van der Waals surface area (Å²) in [5, 5.41) is 3.20. The first-order valence-electron chi connectivity index (χ1n) is 14.0. The monoisotopic (exact) mass is 614 g/mol. The summed E-state index contributed by atoms with van der Waals surface area (Å²) in [6.45, 7) is 5.34. The molecule has 1 N–H and O–H groups in total. The molecule has 10 nitrogen and oxygen atoms in total. The average Bonchev–Trinajstić information content (AvgIpc) is 3.77. The van der Waals surface area contributed by atoms with E-state index in [0.29, 0.717) is 72.6 Å². The molecule has 1 aliphatic heterocycles. The maximum atomic E-state index is 13.5. The van der Waals surface area contributed by atoms with E-state index in [1.807, 2.05) is 13.8 Å². The minimum Gasteiger partial charge on any atom is -0.462 e. The van der Waals surface area contributed by atoms with Crippen molar-refractivity contribution < 1.29 is 37.0 Å². The van der Waals surface area contributed by atoms with Crippen molar-refractivity contribution >= 4 is 38.2 Å². The highest BCUT2D eigenvalue weighted by Gasteiger charge is 2.37. The van der Waals surface area contributed by atoms with E-state index in [1.165, 1.54) is 6.20 Å². The van der Waals surface area contributed by atoms with Crippen LogP contribution in [0, 0.1) is 5.92 Å². The molecule has 0 bridgehead atoms. The molecule has 42 heavy (non-hydrogen) atoms. The number of rotatable bonds is 12. The van der Waals surface area contributed by atoms with Gasteiger partial charge in [0.2, 0.25) is 5.06 Å². The Morgan fingerprint density at radius 2 is 1.81 bits per heavy atom. The van der Waals surface area contributed by atoms with Gasteiger partial charge in [-0.05, 0) is 67.5 Å². The van der Waals surface area contributed by atoms with Crippen molar-refractivity contribution in [3.05, 3.63) is 65.9 Å². The number of benzene rings is 2. The molecule has 1 amide bonds. The topological polar surface area (TPSA) is 130 Å². The van der Waals surface area contributed by atoms with Crippen LogP contribution in [0.25, 0.3) is 0 Å². The Bertz CT molecular complexity index is 1490. The lowest BCUT2D eigenvalue weighted by molar-refractivity contribution is -0.136. The lowest BCUT2D eigenvalue weighted by atomic mass is 10.1. The number of aromatic nitrogens is 1. The molecule has 1 atom stereocenters. The molecule has 1 aromatic heterocycles. The van der Waals surface area contributed by atoms with Crippen molar-refractivity contribution in [2.45, 2.75) is 61.9 Å². The number of sulfone groups is 1.